The Kier molecular flexibility index (Phi) is 9.65. The van der Waals surface area contributed by atoms with E-state index in [4.69, 9.17) is 16.3 Å². The Labute approximate surface area is 200 Å². The second-order valence-electron chi connectivity index (χ2n) is 7.66. The number of rotatable bonds is 12. The van der Waals surface area contributed by atoms with Crippen molar-refractivity contribution >= 4 is 39.3 Å². The average molecular weight is 530 g/mol. The summed E-state index contributed by atoms with van der Waals surface area (Å²) in [7, 11) is 0. The van der Waals surface area contributed by atoms with Gasteiger partial charge in [0.1, 0.15) is 11.9 Å². The van der Waals surface area contributed by atoms with Crippen LogP contribution in [0.4, 0.5) is 10.2 Å². The summed E-state index contributed by atoms with van der Waals surface area (Å²) in [5.74, 6) is -0.675. The third kappa shape index (κ3) is 7.10. The Balaban J connectivity index is 1.34. The summed E-state index contributed by atoms with van der Waals surface area (Å²) in [6, 6.07) is 3.42. The lowest BCUT2D eigenvalue weighted by molar-refractivity contribution is -0.140. The van der Waals surface area contributed by atoms with Crippen LogP contribution in [0.25, 0.3) is 0 Å². The molecule has 32 heavy (non-hydrogen) atoms. The standard InChI is InChI=1S/C22H27BrClFN4O3/c23-19-16(17(24)13-28-20(19)25)12-27-18(22(30)31)8-11-32-10-2-1-5-15-7-6-14-4-3-9-26-21(14)29-15/h6-7,13,18,27H,1-5,8-12H2,(H,26,29)(H,30,31)/t18-/m0/s1. The molecule has 0 bridgehead atoms. The molecule has 0 amide bonds. The van der Waals surface area contributed by atoms with E-state index in [1.165, 1.54) is 11.8 Å². The van der Waals surface area contributed by atoms with Crippen molar-refractivity contribution in [2.45, 2.75) is 51.1 Å². The molecule has 3 N–H and O–H groups in total. The fourth-order valence-electron chi connectivity index (χ4n) is 3.50. The van der Waals surface area contributed by atoms with Crippen LogP contribution in [0.1, 0.15) is 42.5 Å². The Morgan fingerprint density at radius 1 is 1.38 bits per heavy atom. The summed E-state index contributed by atoms with van der Waals surface area (Å²) in [6.45, 7) is 1.94. The van der Waals surface area contributed by atoms with Crippen LogP contribution in [0.15, 0.2) is 22.8 Å². The number of aryl methyl sites for hydroxylation is 2. The van der Waals surface area contributed by atoms with Gasteiger partial charge in [-0.15, -0.1) is 0 Å². The van der Waals surface area contributed by atoms with E-state index in [1.54, 1.807) is 0 Å². The number of carboxylic acids is 1. The van der Waals surface area contributed by atoms with Gasteiger partial charge < -0.3 is 20.5 Å². The molecule has 0 unspecified atom stereocenters. The van der Waals surface area contributed by atoms with Gasteiger partial charge in [-0.25, -0.2) is 9.97 Å². The van der Waals surface area contributed by atoms with Gasteiger partial charge in [0.2, 0.25) is 5.95 Å². The molecular formula is C22H27BrClFN4O3. The van der Waals surface area contributed by atoms with E-state index in [-0.39, 0.29) is 22.5 Å². The highest BCUT2D eigenvalue weighted by Crippen LogP contribution is 2.26. The summed E-state index contributed by atoms with van der Waals surface area (Å²) in [6.07, 6.45) is 6.43. The van der Waals surface area contributed by atoms with Gasteiger partial charge in [-0.3, -0.25) is 4.79 Å². The molecule has 174 valence electrons. The summed E-state index contributed by atoms with van der Waals surface area (Å²) >= 11 is 9.14. The SMILES string of the molecule is O=C(O)[C@H](CCOCCCCc1ccc2c(n1)NCCC2)NCc1c(Cl)cnc(F)c1Br. The second kappa shape index (κ2) is 12.4. The highest BCUT2D eigenvalue weighted by molar-refractivity contribution is 9.10. The molecule has 3 heterocycles. The van der Waals surface area contributed by atoms with Crippen LogP contribution in [-0.4, -0.2) is 46.8 Å². The molecule has 1 aliphatic rings. The third-order valence-electron chi connectivity index (χ3n) is 5.32. The molecule has 0 aliphatic carbocycles. The molecule has 1 aliphatic heterocycles. The minimum Gasteiger partial charge on any atom is -0.480 e. The monoisotopic (exact) mass is 528 g/mol. The number of aromatic nitrogens is 2. The molecular weight excluding hydrogens is 503 g/mol. The fraction of sp³-hybridized carbons (Fsp3) is 0.500. The van der Waals surface area contributed by atoms with E-state index in [0.717, 1.165) is 50.2 Å². The van der Waals surface area contributed by atoms with E-state index in [9.17, 15) is 14.3 Å². The zero-order chi connectivity index (χ0) is 22.9. The van der Waals surface area contributed by atoms with Crippen molar-refractivity contribution in [1.29, 1.82) is 0 Å². The first kappa shape index (κ1) is 24.8. The normalized spacial score (nSPS) is 14.0. The molecule has 0 saturated heterocycles. The molecule has 2 aromatic rings. The predicted octanol–water partition coefficient (Wildman–Crippen LogP) is 4.36. The molecule has 0 radical (unpaired) electrons. The summed E-state index contributed by atoms with van der Waals surface area (Å²) in [5, 5.41) is 15.9. The number of aliphatic carboxylic acids is 1. The number of nitrogens with zero attached hydrogens (tertiary/aromatic N) is 2. The number of halogens is 3. The van der Waals surface area contributed by atoms with Crippen molar-refractivity contribution in [3.63, 3.8) is 0 Å². The van der Waals surface area contributed by atoms with E-state index in [0.29, 0.717) is 18.8 Å². The Bertz CT molecular complexity index is 934. The van der Waals surface area contributed by atoms with Crippen molar-refractivity contribution in [1.82, 2.24) is 15.3 Å². The molecule has 0 spiro atoms. The number of pyridine rings is 2. The number of anilines is 1. The van der Waals surface area contributed by atoms with Crippen LogP contribution in [0.2, 0.25) is 5.02 Å². The maximum absolute atomic E-state index is 13.6. The number of carbonyl (C=O) groups is 1. The zero-order valence-electron chi connectivity index (χ0n) is 17.7. The van der Waals surface area contributed by atoms with Gasteiger partial charge in [0.25, 0.3) is 0 Å². The van der Waals surface area contributed by atoms with Crippen molar-refractivity contribution in [3.05, 3.63) is 50.6 Å². The van der Waals surface area contributed by atoms with Crippen LogP contribution in [0.3, 0.4) is 0 Å². The van der Waals surface area contributed by atoms with E-state index in [1.807, 2.05) is 0 Å². The predicted molar refractivity (Wildman–Crippen MR) is 125 cm³/mol. The Hall–Kier alpha value is -1.81. The van der Waals surface area contributed by atoms with E-state index >= 15 is 0 Å². The number of ether oxygens (including phenoxy) is 1. The van der Waals surface area contributed by atoms with Crippen molar-refractivity contribution in [2.75, 3.05) is 25.1 Å². The topological polar surface area (TPSA) is 96.4 Å². The lowest BCUT2D eigenvalue weighted by atomic mass is 10.1. The molecule has 10 heteroatoms. The lowest BCUT2D eigenvalue weighted by Gasteiger charge is -2.17. The fourth-order valence-corrected chi connectivity index (χ4v) is 4.28. The number of hydrogen-bond acceptors (Lipinski definition) is 6. The number of nitrogens with one attached hydrogen (secondary N) is 2. The first-order valence-electron chi connectivity index (χ1n) is 10.7. The third-order valence-corrected chi connectivity index (χ3v) is 6.45. The number of unbranched alkanes of at least 4 members (excludes halogenated alkanes) is 1. The van der Waals surface area contributed by atoms with Gasteiger partial charge in [0.05, 0.1) is 9.50 Å². The maximum Gasteiger partial charge on any atom is 0.320 e. The maximum atomic E-state index is 13.6. The molecule has 7 nitrogen and oxygen atoms in total. The van der Waals surface area contributed by atoms with Gasteiger partial charge in [-0.1, -0.05) is 17.7 Å². The summed E-state index contributed by atoms with van der Waals surface area (Å²) in [4.78, 5) is 19.7. The highest BCUT2D eigenvalue weighted by atomic mass is 79.9. The van der Waals surface area contributed by atoms with Gasteiger partial charge in [0.15, 0.2) is 0 Å². The highest BCUT2D eigenvalue weighted by Gasteiger charge is 2.19. The quantitative estimate of drug-likeness (QED) is 0.278. The van der Waals surface area contributed by atoms with Gasteiger partial charge in [0, 0.05) is 43.8 Å². The van der Waals surface area contributed by atoms with Crippen molar-refractivity contribution in [3.8, 4) is 0 Å². The molecule has 0 aromatic carbocycles. The van der Waals surface area contributed by atoms with Crippen LogP contribution in [0, 0.1) is 5.95 Å². The smallest absolute Gasteiger partial charge is 0.320 e. The molecule has 2 aromatic heterocycles. The van der Waals surface area contributed by atoms with Gasteiger partial charge in [-0.05, 0) is 66.1 Å². The van der Waals surface area contributed by atoms with Crippen LogP contribution < -0.4 is 10.6 Å². The van der Waals surface area contributed by atoms with Crippen molar-refractivity contribution < 1.29 is 19.0 Å². The largest absolute Gasteiger partial charge is 0.480 e. The minimum atomic E-state index is -0.998. The van der Waals surface area contributed by atoms with Gasteiger partial charge in [-0.2, -0.15) is 4.39 Å². The van der Waals surface area contributed by atoms with E-state index < -0.39 is 18.0 Å². The summed E-state index contributed by atoms with van der Waals surface area (Å²) < 4.78 is 19.3. The van der Waals surface area contributed by atoms with Gasteiger partial charge >= 0.3 is 5.97 Å². The number of hydrogen-bond donors (Lipinski definition) is 3. The molecule has 1 atom stereocenters. The Morgan fingerprint density at radius 2 is 2.22 bits per heavy atom. The van der Waals surface area contributed by atoms with E-state index in [2.05, 4.69) is 48.7 Å². The van der Waals surface area contributed by atoms with Crippen LogP contribution >= 0.6 is 27.5 Å². The summed E-state index contributed by atoms with van der Waals surface area (Å²) in [5.41, 5.74) is 2.79. The number of carboxylic acid groups (broad SMARTS) is 1. The lowest BCUT2D eigenvalue weighted by Crippen LogP contribution is -2.37. The molecule has 0 fully saturated rings. The zero-order valence-corrected chi connectivity index (χ0v) is 20.0. The van der Waals surface area contributed by atoms with Crippen molar-refractivity contribution in [2.24, 2.45) is 0 Å². The number of fused-ring (bicyclic) bond motifs is 1. The second-order valence-corrected chi connectivity index (χ2v) is 8.86. The van der Waals surface area contributed by atoms with Crippen LogP contribution in [-0.2, 0) is 28.9 Å². The molecule has 0 saturated carbocycles. The first-order valence-corrected chi connectivity index (χ1v) is 11.9. The Morgan fingerprint density at radius 3 is 3.03 bits per heavy atom. The van der Waals surface area contributed by atoms with Crippen LogP contribution in [0.5, 0.6) is 0 Å². The molecule has 3 rings (SSSR count). The minimum absolute atomic E-state index is 0.0957. The average Bonchev–Trinajstić information content (AvgIpc) is 2.79. The first-order chi connectivity index (χ1) is 15.5.